The molecule has 2 N–H and O–H groups in total. The lowest BCUT2D eigenvalue weighted by atomic mass is 9.89. The van der Waals surface area contributed by atoms with Crippen LogP contribution in [0.2, 0.25) is 0 Å². The number of methoxy groups -OCH3 is 1. The lowest BCUT2D eigenvalue weighted by Crippen LogP contribution is -2.48. The topological polar surface area (TPSA) is 38.5 Å². The molecule has 1 aromatic carbocycles. The van der Waals surface area contributed by atoms with E-state index in [-0.39, 0.29) is 0 Å². The van der Waals surface area contributed by atoms with Gasteiger partial charge in [0.05, 0.1) is 7.11 Å². The summed E-state index contributed by atoms with van der Waals surface area (Å²) >= 11 is 0. The zero-order valence-corrected chi connectivity index (χ0v) is 12.1. The minimum atomic E-state index is -4.29. The molecule has 0 amide bonds. The molecular formula is C15H21F3N2O. The summed E-state index contributed by atoms with van der Waals surface area (Å²) in [7, 11) is 1.61. The normalized spacial score (nSPS) is 19.5. The quantitative estimate of drug-likeness (QED) is 0.929. The third-order valence-electron chi connectivity index (χ3n) is 4.08. The molecule has 0 aromatic heterocycles. The van der Waals surface area contributed by atoms with Crippen molar-refractivity contribution in [2.75, 3.05) is 20.2 Å². The second-order valence-electron chi connectivity index (χ2n) is 5.53. The summed E-state index contributed by atoms with van der Waals surface area (Å²) in [5.41, 5.74) is 6.43. The first-order chi connectivity index (χ1) is 9.90. The average molecular weight is 302 g/mol. The Morgan fingerprint density at radius 3 is 2.29 bits per heavy atom. The van der Waals surface area contributed by atoms with Crippen LogP contribution in [-0.2, 0) is 6.54 Å². The van der Waals surface area contributed by atoms with E-state index in [0.29, 0.717) is 25.9 Å². The van der Waals surface area contributed by atoms with Crippen molar-refractivity contribution in [3.8, 4) is 5.75 Å². The molecule has 2 rings (SSSR count). The summed E-state index contributed by atoms with van der Waals surface area (Å²) < 4.78 is 42.9. The first-order valence-corrected chi connectivity index (χ1v) is 7.07. The summed E-state index contributed by atoms with van der Waals surface area (Å²) in [6.07, 6.45) is -3.30. The number of rotatable bonds is 4. The van der Waals surface area contributed by atoms with Gasteiger partial charge >= 0.3 is 6.18 Å². The maximum absolute atomic E-state index is 12.6. The van der Waals surface area contributed by atoms with Crippen molar-refractivity contribution in [1.82, 2.24) is 4.90 Å². The minimum Gasteiger partial charge on any atom is -0.497 e. The van der Waals surface area contributed by atoms with Crippen molar-refractivity contribution in [2.24, 2.45) is 11.7 Å². The Labute approximate surface area is 122 Å². The molecule has 6 heteroatoms. The van der Waals surface area contributed by atoms with Gasteiger partial charge in [0.1, 0.15) is 11.8 Å². The van der Waals surface area contributed by atoms with Crippen LogP contribution in [0.1, 0.15) is 18.4 Å². The van der Waals surface area contributed by atoms with Gasteiger partial charge in [-0.3, -0.25) is 4.90 Å². The van der Waals surface area contributed by atoms with E-state index in [9.17, 15) is 13.2 Å². The Balaban J connectivity index is 1.83. The SMILES string of the molecule is COc1ccc(CN2CCC(C(N)C(F)(F)F)CC2)cc1. The van der Waals surface area contributed by atoms with Crippen LogP contribution >= 0.6 is 0 Å². The monoisotopic (exact) mass is 302 g/mol. The molecule has 1 unspecified atom stereocenters. The molecule has 0 aliphatic carbocycles. The van der Waals surface area contributed by atoms with Crippen molar-refractivity contribution in [2.45, 2.75) is 31.6 Å². The van der Waals surface area contributed by atoms with Crippen LogP contribution in [0.25, 0.3) is 0 Å². The molecule has 0 spiro atoms. The Bertz CT molecular complexity index is 439. The van der Waals surface area contributed by atoms with E-state index < -0.39 is 18.1 Å². The highest BCUT2D eigenvalue weighted by atomic mass is 19.4. The zero-order chi connectivity index (χ0) is 15.5. The van der Waals surface area contributed by atoms with Crippen molar-refractivity contribution in [3.05, 3.63) is 29.8 Å². The van der Waals surface area contributed by atoms with Gasteiger partial charge in [-0.2, -0.15) is 13.2 Å². The van der Waals surface area contributed by atoms with Gasteiger partial charge in [-0.05, 0) is 49.5 Å². The van der Waals surface area contributed by atoms with Gasteiger partial charge in [0.15, 0.2) is 0 Å². The molecular weight excluding hydrogens is 281 g/mol. The van der Waals surface area contributed by atoms with Gasteiger partial charge in [0.25, 0.3) is 0 Å². The van der Waals surface area contributed by atoms with E-state index in [0.717, 1.165) is 17.9 Å². The fraction of sp³-hybridized carbons (Fsp3) is 0.600. The Kier molecular flexibility index (Phi) is 5.11. The zero-order valence-electron chi connectivity index (χ0n) is 12.1. The molecule has 1 aliphatic rings. The van der Waals surface area contributed by atoms with Crippen LogP contribution in [0.4, 0.5) is 13.2 Å². The smallest absolute Gasteiger partial charge is 0.403 e. The molecule has 1 heterocycles. The van der Waals surface area contributed by atoms with E-state index in [4.69, 9.17) is 10.5 Å². The second-order valence-corrected chi connectivity index (χ2v) is 5.53. The van der Waals surface area contributed by atoms with Crippen LogP contribution in [0.3, 0.4) is 0 Å². The largest absolute Gasteiger partial charge is 0.497 e. The van der Waals surface area contributed by atoms with Crippen molar-refractivity contribution >= 4 is 0 Å². The Morgan fingerprint density at radius 2 is 1.81 bits per heavy atom. The molecule has 1 atom stereocenters. The predicted octanol–water partition coefficient (Wildman–Crippen LogP) is 2.80. The molecule has 1 fully saturated rings. The van der Waals surface area contributed by atoms with E-state index in [1.54, 1.807) is 7.11 Å². The summed E-state index contributed by atoms with van der Waals surface area (Å²) in [6, 6.07) is 6.04. The highest BCUT2D eigenvalue weighted by Crippen LogP contribution is 2.30. The number of benzene rings is 1. The van der Waals surface area contributed by atoms with E-state index in [2.05, 4.69) is 4.90 Å². The van der Waals surface area contributed by atoms with Gasteiger partial charge < -0.3 is 10.5 Å². The average Bonchev–Trinajstić information content (AvgIpc) is 2.47. The minimum absolute atomic E-state index is 0.461. The molecule has 0 radical (unpaired) electrons. The van der Waals surface area contributed by atoms with Gasteiger partial charge in [-0.25, -0.2) is 0 Å². The molecule has 0 saturated carbocycles. The van der Waals surface area contributed by atoms with Crippen LogP contribution in [0, 0.1) is 5.92 Å². The van der Waals surface area contributed by atoms with Crippen LogP contribution in [0.15, 0.2) is 24.3 Å². The maximum atomic E-state index is 12.6. The number of ether oxygens (including phenoxy) is 1. The molecule has 1 aliphatic heterocycles. The van der Waals surface area contributed by atoms with Crippen molar-refractivity contribution < 1.29 is 17.9 Å². The fourth-order valence-electron chi connectivity index (χ4n) is 2.73. The molecule has 0 bridgehead atoms. The van der Waals surface area contributed by atoms with E-state index in [1.807, 2.05) is 24.3 Å². The number of hydrogen-bond donors (Lipinski definition) is 1. The lowest BCUT2D eigenvalue weighted by molar-refractivity contribution is -0.162. The number of nitrogens with zero attached hydrogens (tertiary/aromatic N) is 1. The summed E-state index contributed by atoms with van der Waals surface area (Å²) in [4.78, 5) is 2.17. The third-order valence-corrected chi connectivity index (χ3v) is 4.08. The Hall–Kier alpha value is -1.27. The van der Waals surface area contributed by atoms with Crippen LogP contribution in [0.5, 0.6) is 5.75 Å². The van der Waals surface area contributed by atoms with Gasteiger partial charge in [-0.1, -0.05) is 12.1 Å². The fourth-order valence-corrected chi connectivity index (χ4v) is 2.73. The maximum Gasteiger partial charge on any atom is 0.403 e. The highest BCUT2D eigenvalue weighted by Gasteiger charge is 2.42. The molecule has 3 nitrogen and oxygen atoms in total. The van der Waals surface area contributed by atoms with Gasteiger partial charge in [-0.15, -0.1) is 0 Å². The van der Waals surface area contributed by atoms with Crippen molar-refractivity contribution in [3.63, 3.8) is 0 Å². The van der Waals surface area contributed by atoms with E-state index in [1.165, 1.54) is 0 Å². The van der Waals surface area contributed by atoms with Crippen molar-refractivity contribution in [1.29, 1.82) is 0 Å². The first kappa shape index (κ1) is 16.1. The number of alkyl halides is 3. The molecule has 21 heavy (non-hydrogen) atoms. The third kappa shape index (κ3) is 4.35. The Morgan fingerprint density at radius 1 is 1.24 bits per heavy atom. The number of nitrogens with two attached hydrogens (primary N) is 1. The second kappa shape index (κ2) is 6.66. The summed E-state index contributed by atoms with van der Waals surface area (Å²) in [5, 5.41) is 0. The molecule has 118 valence electrons. The lowest BCUT2D eigenvalue weighted by Gasteiger charge is -2.35. The predicted molar refractivity (Wildman–Crippen MR) is 75.0 cm³/mol. The molecule has 1 aromatic rings. The summed E-state index contributed by atoms with van der Waals surface area (Å²) in [6.45, 7) is 2.05. The van der Waals surface area contributed by atoms with E-state index >= 15 is 0 Å². The number of piperidine rings is 1. The summed E-state index contributed by atoms with van der Waals surface area (Å²) in [5.74, 6) is 0.339. The number of likely N-dealkylation sites (tertiary alicyclic amines) is 1. The van der Waals surface area contributed by atoms with Crippen LogP contribution in [-0.4, -0.2) is 37.3 Å². The molecule has 1 saturated heterocycles. The first-order valence-electron chi connectivity index (χ1n) is 7.07. The van der Waals surface area contributed by atoms with Crippen LogP contribution < -0.4 is 10.5 Å². The standard InChI is InChI=1S/C15H21F3N2O/c1-21-13-4-2-11(3-5-13)10-20-8-6-12(7-9-20)14(19)15(16,17)18/h2-5,12,14H,6-10,19H2,1H3. The highest BCUT2D eigenvalue weighted by molar-refractivity contribution is 5.27. The van der Waals surface area contributed by atoms with Gasteiger partial charge in [0, 0.05) is 6.54 Å². The number of halogens is 3. The van der Waals surface area contributed by atoms with Gasteiger partial charge in [0.2, 0.25) is 0 Å². The number of hydrogen-bond acceptors (Lipinski definition) is 3.